The summed E-state index contributed by atoms with van der Waals surface area (Å²) in [7, 11) is 0. The fraction of sp³-hybridized carbons (Fsp3) is 0.833. The Morgan fingerprint density at radius 3 is 2.78 bits per heavy atom. The summed E-state index contributed by atoms with van der Waals surface area (Å²) in [5, 5.41) is 17.2. The predicted molar refractivity (Wildman–Crippen MR) is 30.6 cm³/mol. The second-order valence-electron chi connectivity index (χ2n) is 2.35. The van der Waals surface area contributed by atoms with Crippen LogP contribution in [0.15, 0.2) is 0 Å². The zero-order valence-electron chi connectivity index (χ0n) is 5.13. The number of nitriles is 1. The summed E-state index contributed by atoms with van der Waals surface area (Å²) in [6.07, 6.45) is 0.667. The summed E-state index contributed by atoms with van der Waals surface area (Å²) in [5.74, 6) is 0. The molecule has 1 unspecified atom stereocenters. The molecule has 0 amide bonds. The molecule has 3 heteroatoms. The van der Waals surface area contributed by atoms with Crippen molar-refractivity contribution < 1.29 is 9.84 Å². The van der Waals surface area contributed by atoms with Gasteiger partial charge in [0.25, 0.3) is 0 Å². The monoisotopic (exact) mass is 127 g/mol. The van der Waals surface area contributed by atoms with Gasteiger partial charge in [-0.2, -0.15) is 5.26 Å². The van der Waals surface area contributed by atoms with Gasteiger partial charge in [0.15, 0.2) is 0 Å². The van der Waals surface area contributed by atoms with Gasteiger partial charge in [0.05, 0.1) is 19.3 Å². The van der Waals surface area contributed by atoms with Crippen LogP contribution < -0.4 is 0 Å². The van der Waals surface area contributed by atoms with Crippen LogP contribution in [-0.2, 0) is 4.74 Å². The first-order chi connectivity index (χ1) is 4.33. The molecule has 0 aromatic rings. The van der Waals surface area contributed by atoms with E-state index in [4.69, 9.17) is 15.1 Å². The molecule has 0 aliphatic carbocycles. The van der Waals surface area contributed by atoms with Crippen LogP contribution in [-0.4, -0.2) is 24.9 Å². The van der Waals surface area contributed by atoms with E-state index < -0.39 is 5.41 Å². The number of nitrogens with zero attached hydrogens (tertiary/aromatic N) is 1. The maximum atomic E-state index is 8.71. The van der Waals surface area contributed by atoms with Gasteiger partial charge in [-0.1, -0.05) is 0 Å². The lowest BCUT2D eigenvalue weighted by molar-refractivity contribution is 0.129. The Morgan fingerprint density at radius 2 is 2.56 bits per heavy atom. The van der Waals surface area contributed by atoms with E-state index in [0.29, 0.717) is 19.6 Å². The van der Waals surface area contributed by atoms with Crippen molar-refractivity contribution in [3.8, 4) is 6.07 Å². The fourth-order valence-electron chi connectivity index (χ4n) is 0.855. The smallest absolute Gasteiger partial charge is 0.106 e. The number of aliphatic hydroxyl groups excluding tert-OH is 1. The summed E-state index contributed by atoms with van der Waals surface area (Å²) >= 11 is 0. The van der Waals surface area contributed by atoms with Crippen molar-refractivity contribution in [2.45, 2.75) is 6.42 Å². The minimum absolute atomic E-state index is 0.0799. The standard InChI is InChI=1S/C6H9NO2/c7-3-6(4-8)1-2-9-5-6/h8H,1-2,4-5H2. The van der Waals surface area contributed by atoms with Crippen LogP contribution in [0.1, 0.15) is 6.42 Å². The van der Waals surface area contributed by atoms with Gasteiger partial charge in [0, 0.05) is 6.61 Å². The molecule has 0 saturated carbocycles. The molecule has 50 valence electrons. The summed E-state index contributed by atoms with van der Waals surface area (Å²) in [5.41, 5.74) is -0.583. The van der Waals surface area contributed by atoms with Crippen LogP contribution in [0.2, 0.25) is 0 Å². The first-order valence-corrected chi connectivity index (χ1v) is 2.93. The molecule has 1 heterocycles. The maximum absolute atomic E-state index is 8.71. The molecule has 0 aromatic heterocycles. The minimum Gasteiger partial charge on any atom is -0.395 e. The Bertz CT molecular complexity index is 132. The van der Waals surface area contributed by atoms with Gasteiger partial charge >= 0.3 is 0 Å². The van der Waals surface area contributed by atoms with Crippen LogP contribution in [0.4, 0.5) is 0 Å². The lowest BCUT2D eigenvalue weighted by Crippen LogP contribution is -2.22. The molecule has 0 bridgehead atoms. The van der Waals surface area contributed by atoms with Gasteiger partial charge in [-0.25, -0.2) is 0 Å². The molecule has 0 aromatic carbocycles. The normalized spacial score (nSPS) is 34.2. The van der Waals surface area contributed by atoms with E-state index in [9.17, 15) is 0 Å². The Kier molecular flexibility index (Phi) is 1.70. The Labute approximate surface area is 53.9 Å². The summed E-state index contributed by atoms with van der Waals surface area (Å²) in [6.45, 7) is 0.914. The summed E-state index contributed by atoms with van der Waals surface area (Å²) in [4.78, 5) is 0. The lowest BCUT2D eigenvalue weighted by Gasteiger charge is -2.12. The van der Waals surface area contributed by atoms with Gasteiger partial charge in [-0.3, -0.25) is 0 Å². The molecule has 1 atom stereocenters. The quantitative estimate of drug-likeness (QED) is 0.535. The Balaban J connectivity index is 2.59. The SMILES string of the molecule is N#CC1(CO)CCOC1. The van der Waals surface area contributed by atoms with Crippen molar-refractivity contribution in [2.24, 2.45) is 5.41 Å². The second-order valence-corrected chi connectivity index (χ2v) is 2.35. The molecule has 1 N–H and O–H groups in total. The molecule has 1 aliphatic heterocycles. The molecule has 1 aliphatic rings. The third-order valence-corrected chi connectivity index (χ3v) is 1.64. The minimum atomic E-state index is -0.583. The Morgan fingerprint density at radius 1 is 1.78 bits per heavy atom. The average Bonchev–Trinajstić information content (AvgIpc) is 2.36. The van der Waals surface area contributed by atoms with E-state index >= 15 is 0 Å². The highest BCUT2D eigenvalue weighted by Crippen LogP contribution is 2.26. The van der Waals surface area contributed by atoms with Crippen molar-refractivity contribution in [2.75, 3.05) is 19.8 Å². The van der Waals surface area contributed by atoms with E-state index in [1.807, 2.05) is 0 Å². The van der Waals surface area contributed by atoms with Crippen LogP contribution in [0.25, 0.3) is 0 Å². The van der Waals surface area contributed by atoms with E-state index in [2.05, 4.69) is 6.07 Å². The van der Waals surface area contributed by atoms with E-state index in [1.54, 1.807) is 0 Å². The van der Waals surface area contributed by atoms with Gasteiger partial charge in [-0.15, -0.1) is 0 Å². The number of rotatable bonds is 1. The van der Waals surface area contributed by atoms with Gasteiger partial charge in [0.1, 0.15) is 5.41 Å². The largest absolute Gasteiger partial charge is 0.395 e. The van der Waals surface area contributed by atoms with Crippen molar-refractivity contribution in [3.63, 3.8) is 0 Å². The third-order valence-electron chi connectivity index (χ3n) is 1.64. The highest BCUT2D eigenvalue weighted by molar-refractivity contribution is 5.00. The van der Waals surface area contributed by atoms with E-state index in [0.717, 1.165) is 0 Å². The molecule has 9 heavy (non-hydrogen) atoms. The van der Waals surface area contributed by atoms with Crippen molar-refractivity contribution in [1.82, 2.24) is 0 Å². The summed E-state index contributed by atoms with van der Waals surface area (Å²) < 4.78 is 4.96. The topological polar surface area (TPSA) is 53.2 Å². The first kappa shape index (κ1) is 6.53. The maximum Gasteiger partial charge on any atom is 0.106 e. The Hall–Kier alpha value is -0.590. The molecule has 3 nitrogen and oxygen atoms in total. The van der Waals surface area contributed by atoms with E-state index in [-0.39, 0.29) is 6.61 Å². The highest BCUT2D eigenvalue weighted by Gasteiger charge is 2.34. The zero-order valence-corrected chi connectivity index (χ0v) is 5.13. The summed E-state index contributed by atoms with van der Waals surface area (Å²) in [6, 6.07) is 2.05. The predicted octanol–water partition coefficient (Wildman–Crippen LogP) is -0.0910. The second kappa shape index (κ2) is 2.34. The third kappa shape index (κ3) is 1.04. The van der Waals surface area contributed by atoms with Gasteiger partial charge in [0.2, 0.25) is 0 Å². The average molecular weight is 127 g/mol. The van der Waals surface area contributed by atoms with Crippen molar-refractivity contribution in [3.05, 3.63) is 0 Å². The van der Waals surface area contributed by atoms with Crippen molar-refractivity contribution in [1.29, 1.82) is 5.26 Å². The number of hydrogen-bond acceptors (Lipinski definition) is 3. The molecular formula is C6H9NO2. The van der Waals surface area contributed by atoms with Gasteiger partial charge in [-0.05, 0) is 6.42 Å². The number of hydrogen-bond donors (Lipinski definition) is 1. The molecule has 1 rings (SSSR count). The van der Waals surface area contributed by atoms with Gasteiger partial charge < -0.3 is 9.84 Å². The zero-order chi connectivity index (χ0) is 6.74. The van der Waals surface area contributed by atoms with Crippen molar-refractivity contribution >= 4 is 0 Å². The number of ether oxygens (including phenoxy) is 1. The number of aliphatic hydroxyl groups is 1. The molecule has 1 fully saturated rings. The van der Waals surface area contributed by atoms with Crippen LogP contribution >= 0.6 is 0 Å². The lowest BCUT2D eigenvalue weighted by atomic mass is 9.91. The molecule has 0 spiro atoms. The highest BCUT2D eigenvalue weighted by atomic mass is 16.5. The first-order valence-electron chi connectivity index (χ1n) is 2.93. The van der Waals surface area contributed by atoms with Crippen LogP contribution in [0.3, 0.4) is 0 Å². The van der Waals surface area contributed by atoms with Crippen LogP contribution in [0.5, 0.6) is 0 Å². The van der Waals surface area contributed by atoms with Crippen LogP contribution in [0, 0.1) is 16.7 Å². The van der Waals surface area contributed by atoms with E-state index in [1.165, 1.54) is 0 Å². The molecular weight excluding hydrogens is 118 g/mol. The molecule has 0 radical (unpaired) electrons. The molecule has 1 saturated heterocycles. The fourth-order valence-corrected chi connectivity index (χ4v) is 0.855.